The number of sulfonamides is 1. The Hall–Kier alpha value is -1.72. The van der Waals surface area contributed by atoms with Crippen molar-refractivity contribution in [2.24, 2.45) is 0 Å². The molecule has 100 valence electrons. The molecule has 1 N–H and O–H groups in total. The molecular weight excluding hydrogens is 286 g/mol. The second-order valence-electron chi connectivity index (χ2n) is 3.72. The smallest absolute Gasteiger partial charge is 0.291 e. The van der Waals surface area contributed by atoms with Gasteiger partial charge < -0.3 is 4.74 Å². The summed E-state index contributed by atoms with van der Waals surface area (Å²) < 4.78 is 31.4. The number of para-hydroxylation sites is 2. The summed E-state index contributed by atoms with van der Waals surface area (Å²) in [4.78, 5) is -1.50. The monoisotopic (exact) mass is 297 g/mol. The van der Waals surface area contributed by atoms with E-state index in [1.165, 1.54) is 0 Å². The summed E-state index contributed by atoms with van der Waals surface area (Å²) in [7, 11) is -3.82. The molecule has 0 aromatic heterocycles. The number of nitrogens with one attached hydrogen (secondary N) is 1. The van der Waals surface area contributed by atoms with Crippen LogP contribution in [0.1, 0.15) is 0 Å². The maximum absolute atomic E-state index is 11.9. The van der Waals surface area contributed by atoms with Crippen LogP contribution in [0, 0.1) is 0 Å². The second-order valence-corrected chi connectivity index (χ2v) is 6.10. The van der Waals surface area contributed by atoms with Gasteiger partial charge in [-0.2, -0.15) is 0 Å². The predicted octanol–water partition coefficient (Wildman–Crippen LogP) is 3.03. The van der Waals surface area contributed by atoms with Crippen molar-refractivity contribution in [3.8, 4) is 5.75 Å². The number of hydrogen-bond donors (Lipinski definition) is 1. The summed E-state index contributed by atoms with van der Waals surface area (Å²) in [5, 5.41) is 0. The van der Waals surface area contributed by atoms with Crippen molar-refractivity contribution in [1.82, 2.24) is 0 Å². The van der Waals surface area contributed by atoms with E-state index >= 15 is 0 Å². The van der Waals surface area contributed by atoms with Gasteiger partial charge in [0.05, 0.1) is 0 Å². The minimum atomic E-state index is -3.82. The first-order valence-corrected chi connectivity index (χ1v) is 7.49. The number of ether oxygens (including phenoxy) is 1. The first-order chi connectivity index (χ1) is 9.08. The lowest BCUT2D eigenvalue weighted by Crippen LogP contribution is -2.28. The molecule has 0 saturated heterocycles. The van der Waals surface area contributed by atoms with Crippen LogP contribution in [0.5, 0.6) is 5.75 Å². The maximum Gasteiger partial charge on any atom is 0.291 e. The molecule has 0 heterocycles. The standard InChI is InChI=1S/C13H12ClNO3S/c14-13(18-12-9-5-2-6-10-12)19(16,17)15-11-7-3-1-4-8-11/h1-10,13,15H. The zero-order valence-corrected chi connectivity index (χ0v) is 11.4. The van der Waals surface area contributed by atoms with Crippen LogP contribution in [0.25, 0.3) is 0 Å². The van der Waals surface area contributed by atoms with Crippen LogP contribution in [-0.2, 0) is 10.0 Å². The molecule has 19 heavy (non-hydrogen) atoms. The lowest BCUT2D eigenvalue weighted by molar-refractivity contribution is 0.345. The molecule has 0 aliphatic rings. The Morgan fingerprint density at radius 3 is 2.05 bits per heavy atom. The highest BCUT2D eigenvalue weighted by Gasteiger charge is 2.24. The highest BCUT2D eigenvalue weighted by Crippen LogP contribution is 2.18. The summed E-state index contributed by atoms with van der Waals surface area (Å²) in [5.41, 5.74) is 0.435. The third-order valence-corrected chi connectivity index (χ3v) is 4.15. The zero-order chi connectivity index (χ0) is 13.7. The fourth-order valence-electron chi connectivity index (χ4n) is 1.39. The molecule has 6 heteroatoms. The summed E-state index contributed by atoms with van der Waals surface area (Å²) in [6.45, 7) is 0. The van der Waals surface area contributed by atoms with Crippen LogP contribution in [0.2, 0.25) is 0 Å². The van der Waals surface area contributed by atoms with Gasteiger partial charge in [-0.05, 0) is 24.3 Å². The molecule has 0 radical (unpaired) electrons. The van der Waals surface area contributed by atoms with Crippen LogP contribution >= 0.6 is 11.6 Å². The maximum atomic E-state index is 11.9. The normalized spacial score (nSPS) is 12.7. The van der Waals surface area contributed by atoms with Gasteiger partial charge in [0.1, 0.15) is 5.75 Å². The minimum absolute atomic E-state index is 0.390. The average Bonchev–Trinajstić information content (AvgIpc) is 2.40. The second kappa shape index (κ2) is 5.95. The van der Waals surface area contributed by atoms with E-state index in [0.717, 1.165) is 0 Å². The molecule has 0 aliphatic heterocycles. The van der Waals surface area contributed by atoms with Gasteiger partial charge in [-0.1, -0.05) is 48.0 Å². The van der Waals surface area contributed by atoms with Crippen molar-refractivity contribution >= 4 is 27.3 Å². The van der Waals surface area contributed by atoms with Crippen molar-refractivity contribution in [2.45, 2.75) is 4.90 Å². The van der Waals surface area contributed by atoms with Crippen LogP contribution in [-0.4, -0.2) is 13.3 Å². The minimum Gasteiger partial charge on any atom is -0.458 e. The summed E-state index contributed by atoms with van der Waals surface area (Å²) >= 11 is 5.78. The van der Waals surface area contributed by atoms with Crippen molar-refractivity contribution < 1.29 is 13.2 Å². The van der Waals surface area contributed by atoms with Crippen LogP contribution < -0.4 is 9.46 Å². The molecule has 0 spiro atoms. The Morgan fingerprint density at radius 1 is 0.947 bits per heavy atom. The van der Waals surface area contributed by atoms with Crippen molar-refractivity contribution in [1.29, 1.82) is 0 Å². The van der Waals surface area contributed by atoms with E-state index in [2.05, 4.69) is 4.72 Å². The number of anilines is 1. The van der Waals surface area contributed by atoms with Crippen molar-refractivity contribution in [3.05, 3.63) is 60.7 Å². The van der Waals surface area contributed by atoms with Gasteiger partial charge in [0.2, 0.25) is 0 Å². The molecule has 4 nitrogen and oxygen atoms in total. The molecule has 0 aliphatic carbocycles. The lowest BCUT2D eigenvalue weighted by Gasteiger charge is -2.14. The van der Waals surface area contributed by atoms with Gasteiger partial charge >= 0.3 is 0 Å². The molecule has 2 rings (SSSR count). The number of hydrogen-bond acceptors (Lipinski definition) is 3. The molecule has 1 unspecified atom stereocenters. The third-order valence-electron chi connectivity index (χ3n) is 2.25. The van der Waals surface area contributed by atoms with E-state index in [0.29, 0.717) is 11.4 Å². The van der Waals surface area contributed by atoms with E-state index in [-0.39, 0.29) is 0 Å². The molecule has 0 amide bonds. The Bertz CT molecular complexity index is 617. The number of alkyl halides is 1. The predicted molar refractivity (Wildman–Crippen MR) is 75.7 cm³/mol. The van der Waals surface area contributed by atoms with E-state index in [1.54, 1.807) is 60.7 Å². The molecular formula is C13H12ClNO3S. The van der Waals surface area contributed by atoms with Crippen molar-refractivity contribution in [2.75, 3.05) is 4.72 Å². The molecule has 2 aromatic carbocycles. The van der Waals surface area contributed by atoms with Crippen LogP contribution in [0.4, 0.5) is 5.69 Å². The van der Waals surface area contributed by atoms with Gasteiger partial charge in [-0.25, -0.2) is 8.42 Å². The van der Waals surface area contributed by atoms with E-state index in [9.17, 15) is 8.42 Å². The average molecular weight is 298 g/mol. The van der Waals surface area contributed by atoms with E-state index in [1.807, 2.05) is 0 Å². The van der Waals surface area contributed by atoms with Gasteiger partial charge in [-0.3, -0.25) is 4.72 Å². The number of halogens is 1. The number of benzene rings is 2. The molecule has 1 atom stereocenters. The number of rotatable bonds is 5. The topological polar surface area (TPSA) is 55.4 Å². The first kappa shape index (κ1) is 13.7. The fourth-order valence-corrected chi connectivity index (χ4v) is 2.42. The summed E-state index contributed by atoms with van der Waals surface area (Å²) in [5.74, 6) is 0.390. The third kappa shape index (κ3) is 3.87. The Morgan fingerprint density at radius 2 is 1.47 bits per heavy atom. The zero-order valence-electron chi connectivity index (χ0n) is 9.86. The largest absolute Gasteiger partial charge is 0.458 e. The van der Waals surface area contributed by atoms with E-state index in [4.69, 9.17) is 16.3 Å². The van der Waals surface area contributed by atoms with Crippen LogP contribution in [0.15, 0.2) is 60.7 Å². The highest BCUT2D eigenvalue weighted by molar-refractivity contribution is 7.94. The van der Waals surface area contributed by atoms with E-state index < -0.39 is 14.9 Å². The van der Waals surface area contributed by atoms with Gasteiger partial charge in [-0.15, -0.1) is 0 Å². The van der Waals surface area contributed by atoms with Crippen LogP contribution in [0.3, 0.4) is 0 Å². The van der Waals surface area contributed by atoms with Gasteiger partial charge in [0.15, 0.2) is 0 Å². The van der Waals surface area contributed by atoms with Gasteiger partial charge in [0, 0.05) is 5.69 Å². The van der Waals surface area contributed by atoms with Gasteiger partial charge in [0.25, 0.3) is 14.9 Å². The Labute approximate surface area is 117 Å². The molecule has 0 bridgehead atoms. The molecule has 2 aromatic rings. The quantitative estimate of drug-likeness (QED) is 0.863. The first-order valence-electron chi connectivity index (χ1n) is 5.50. The summed E-state index contributed by atoms with van der Waals surface area (Å²) in [6.07, 6.45) is 0. The fraction of sp³-hybridized carbons (Fsp3) is 0.0769. The SMILES string of the molecule is O=S(=O)(Nc1ccccc1)C(Cl)Oc1ccccc1. The Kier molecular flexibility index (Phi) is 4.29. The summed E-state index contributed by atoms with van der Waals surface area (Å²) in [6, 6.07) is 17.0. The molecule has 0 fully saturated rings. The lowest BCUT2D eigenvalue weighted by atomic mass is 10.3. The molecule has 0 saturated carbocycles. The Balaban J connectivity index is 2.07. The van der Waals surface area contributed by atoms with Crippen molar-refractivity contribution in [3.63, 3.8) is 0 Å². The highest BCUT2D eigenvalue weighted by atomic mass is 35.5.